The van der Waals surface area contributed by atoms with E-state index in [4.69, 9.17) is 0 Å². The number of hydrogen-bond donors (Lipinski definition) is 1. The molecule has 1 aliphatic heterocycles. The number of rotatable bonds is 2. The molecule has 1 N–H and O–H groups in total. The van der Waals surface area contributed by atoms with Crippen LogP contribution in [0.2, 0.25) is 0 Å². The molecular formula is C17H24BrNO. The number of fused-ring (bicyclic) bond motifs is 1. The smallest absolute Gasteiger partial charge is 0.120 e. The van der Waals surface area contributed by atoms with Gasteiger partial charge in [0.2, 0.25) is 0 Å². The van der Waals surface area contributed by atoms with E-state index in [0.717, 1.165) is 21.9 Å². The summed E-state index contributed by atoms with van der Waals surface area (Å²) in [6, 6.07) is 6.06. The Morgan fingerprint density at radius 3 is 2.75 bits per heavy atom. The largest absolute Gasteiger partial charge is 0.508 e. The molecule has 0 amide bonds. The SMILES string of the molecule is CC(c1cc(Br)ccc1O)N1CCC2CCCCC2C1. The normalized spacial score (nSPS) is 28.9. The molecule has 3 heteroatoms. The molecule has 3 atom stereocenters. The van der Waals surface area contributed by atoms with Crippen molar-refractivity contribution in [2.45, 2.75) is 45.1 Å². The van der Waals surface area contributed by atoms with Gasteiger partial charge >= 0.3 is 0 Å². The van der Waals surface area contributed by atoms with E-state index in [-0.39, 0.29) is 0 Å². The summed E-state index contributed by atoms with van der Waals surface area (Å²) in [5.41, 5.74) is 1.05. The average Bonchev–Trinajstić information content (AvgIpc) is 2.48. The van der Waals surface area contributed by atoms with Crippen molar-refractivity contribution in [1.82, 2.24) is 4.90 Å². The number of phenols is 1. The van der Waals surface area contributed by atoms with Crippen molar-refractivity contribution in [3.05, 3.63) is 28.2 Å². The molecule has 1 saturated carbocycles. The van der Waals surface area contributed by atoms with Gasteiger partial charge in [-0.1, -0.05) is 35.2 Å². The van der Waals surface area contributed by atoms with Crippen molar-refractivity contribution in [3.8, 4) is 5.75 Å². The van der Waals surface area contributed by atoms with Crippen molar-refractivity contribution in [2.75, 3.05) is 13.1 Å². The van der Waals surface area contributed by atoms with Crippen molar-refractivity contribution in [3.63, 3.8) is 0 Å². The number of hydrogen-bond acceptors (Lipinski definition) is 2. The lowest BCUT2D eigenvalue weighted by atomic mass is 9.74. The van der Waals surface area contributed by atoms with Crippen LogP contribution in [-0.2, 0) is 0 Å². The second kappa shape index (κ2) is 6.07. The Labute approximate surface area is 130 Å². The Bertz CT molecular complexity index is 476. The van der Waals surface area contributed by atoms with Gasteiger partial charge in [0, 0.05) is 22.6 Å². The molecule has 2 nitrogen and oxygen atoms in total. The summed E-state index contributed by atoms with van der Waals surface area (Å²) in [5.74, 6) is 2.27. The third kappa shape index (κ3) is 2.89. The van der Waals surface area contributed by atoms with Gasteiger partial charge in [0.15, 0.2) is 0 Å². The Kier molecular flexibility index (Phi) is 4.37. The average molecular weight is 338 g/mol. The van der Waals surface area contributed by atoms with Gasteiger partial charge in [-0.25, -0.2) is 0 Å². The lowest BCUT2D eigenvalue weighted by molar-refractivity contribution is 0.0609. The van der Waals surface area contributed by atoms with Crippen molar-refractivity contribution >= 4 is 15.9 Å². The first kappa shape index (κ1) is 14.4. The highest BCUT2D eigenvalue weighted by Gasteiger charge is 2.33. The standard InChI is InChI=1S/C17H24BrNO/c1-12(16-10-15(18)6-7-17(16)20)19-9-8-13-4-2-3-5-14(13)11-19/h6-7,10,12-14,20H,2-5,8-9,11H2,1H3. The van der Waals surface area contributed by atoms with Gasteiger partial charge in [-0.2, -0.15) is 0 Å². The van der Waals surface area contributed by atoms with Gasteiger partial charge in [-0.15, -0.1) is 0 Å². The van der Waals surface area contributed by atoms with E-state index in [1.165, 1.54) is 45.2 Å². The van der Waals surface area contributed by atoms with Gasteiger partial charge < -0.3 is 5.11 Å². The van der Waals surface area contributed by atoms with E-state index >= 15 is 0 Å². The summed E-state index contributed by atoms with van der Waals surface area (Å²) in [6.07, 6.45) is 7.02. The minimum atomic E-state index is 0.301. The predicted octanol–water partition coefficient (Wildman–Crippen LogP) is 4.73. The van der Waals surface area contributed by atoms with Crippen molar-refractivity contribution in [1.29, 1.82) is 0 Å². The molecule has 0 radical (unpaired) electrons. The minimum Gasteiger partial charge on any atom is -0.508 e. The molecule has 3 rings (SSSR count). The second-order valence-electron chi connectivity index (χ2n) is 6.47. The highest BCUT2D eigenvalue weighted by molar-refractivity contribution is 9.10. The summed E-state index contributed by atoms with van der Waals surface area (Å²) in [4.78, 5) is 2.56. The Balaban J connectivity index is 1.74. The highest BCUT2D eigenvalue weighted by Crippen LogP contribution is 2.40. The Hall–Kier alpha value is -0.540. The van der Waals surface area contributed by atoms with Crippen LogP contribution >= 0.6 is 15.9 Å². The van der Waals surface area contributed by atoms with Crippen molar-refractivity contribution < 1.29 is 5.11 Å². The Morgan fingerprint density at radius 2 is 1.95 bits per heavy atom. The van der Waals surface area contributed by atoms with E-state index in [9.17, 15) is 5.11 Å². The van der Waals surface area contributed by atoms with E-state index in [2.05, 4.69) is 33.8 Å². The van der Waals surface area contributed by atoms with E-state index in [1.807, 2.05) is 6.07 Å². The molecule has 1 aliphatic carbocycles. The van der Waals surface area contributed by atoms with Crippen LogP contribution in [0.3, 0.4) is 0 Å². The molecule has 0 aromatic heterocycles. The number of likely N-dealkylation sites (tertiary alicyclic amines) is 1. The van der Waals surface area contributed by atoms with Crippen molar-refractivity contribution in [2.24, 2.45) is 11.8 Å². The van der Waals surface area contributed by atoms with Crippen LogP contribution in [0.25, 0.3) is 0 Å². The summed E-state index contributed by atoms with van der Waals surface area (Å²) in [7, 11) is 0. The third-order valence-corrected chi connectivity index (χ3v) is 5.80. The monoisotopic (exact) mass is 337 g/mol. The molecule has 2 aliphatic rings. The molecule has 0 bridgehead atoms. The minimum absolute atomic E-state index is 0.301. The fourth-order valence-electron chi connectivity index (χ4n) is 4.04. The fraction of sp³-hybridized carbons (Fsp3) is 0.647. The number of halogens is 1. The summed E-state index contributed by atoms with van der Waals surface area (Å²) < 4.78 is 1.05. The molecule has 3 unspecified atom stereocenters. The molecule has 1 aromatic carbocycles. The molecule has 1 heterocycles. The van der Waals surface area contributed by atoms with Crippen LogP contribution in [-0.4, -0.2) is 23.1 Å². The van der Waals surface area contributed by atoms with Gasteiger partial charge in [-0.05, 0) is 56.3 Å². The zero-order chi connectivity index (χ0) is 14.1. The molecule has 20 heavy (non-hydrogen) atoms. The Morgan fingerprint density at radius 1 is 1.20 bits per heavy atom. The number of piperidine rings is 1. The highest BCUT2D eigenvalue weighted by atomic mass is 79.9. The number of benzene rings is 1. The van der Waals surface area contributed by atoms with E-state index in [0.29, 0.717) is 11.8 Å². The summed E-state index contributed by atoms with van der Waals surface area (Å²) in [5, 5.41) is 10.1. The number of aromatic hydroxyl groups is 1. The first-order valence-electron chi connectivity index (χ1n) is 7.87. The third-order valence-electron chi connectivity index (χ3n) is 5.31. The number of phenolic OH excluding ortho intramolecular Hbond substituents is 1. The quantitative estimate of drug-likeness (QED) is 0.843. The van der Waals surface area contributed by atoms with Gasteiger partial charge in [0.25, 0.3) is 0 Å². The molecular weight excluding hydrogens is 314 g/mol. The van der Waals surface area contributed by atoms with Crippen LogP contribution in [0.5, 0.6) is 5.75 Å². The van der Waals surface area contributed by atoms with Gasteiger partial charge in [0.05, 0.1) is 0 Å². The topological polar surface area (TPSA) is 23.5 Å². The van der Waals surface area contributed by atoms with E-state index < -0.39 is 0 Å². The molecule has 2 fully saturated rings. The maximum absolute atomic E-state index is 10.1. The zero-order valence-corrected chi connectivity index (χ0v) is 13.8. The fourth-order valence-corrected chi connectivity index (χ4v) is 4.42. The predicted molar refractivity (Wildman–Crippen MR) is 85.9 cm³/mol. The zero-order valence-electron chi connectivity index (χ0n) is 12.2. The lowest BCUT2D eigenvalue weighted by Crippen LogP contribution is -2.42. The summed E-state index contributed by atoms with van der Waals surface area (Å²) >= 11 is 3.51. The molecule has 110 valence electrons. The molecule has 1 saturated heterocycles. The molecule has 1 aromatic rings. The van der Waals surface area contributed by atoms with Crippen LogP contribution in [0.15, 0.2) is 22.7 Å². The molecule has 0 spiro atoms. The van der Waals surface area contributed by atoms with Crippen LogP contribution in [0.1, 0.15) is 50.6 Å². The first-order chi connectivity index (χ1) is 9.65. The van der Waals surface area contributed by atoms with Gasteiger partial charge in [0.1, 0.15) is 5.75 Å². The lowest BCUT2D eigenvalue weighted by Gasteiger charge is -2.43. The second-order valence-corrected chi connectivity index (χ2v) is 7.38. The summed E-state index contributed by atoms with van der Waals surface area (Å²) in [6.45, 7) is 4.61. The maximum Gasteiger partial charge on any atom is 0.120 e. The van der Waals surface area contributed by atoms with E-state index in [1.54, 1.807) is 6.07 Å². The number of nitrogens with zero attached hydrogens (tertiary/aromatic N) is 1. The van der Waals surface area contributed by atoms with Crippen LogP contribution < -0.4 is 0 Å². The van der Waals surface area contributed by atoms with Gasteiger partial charge in [-0.3, -0.25) is 4.90 Å². The maximum atomic E-state index is 10.1. The first-order valence-corrected chi connectivity index (χ1v) is 8.67. The van der Waals surface area contributed by atoms with Crippen LogP contribution in [0, 0.1) is 11.8 Å². The van der Waals surface area contributed by atoms with Crippen LogP contribution in [0.4, 0.5) is 0 Å².